The Bertz CT molecular complexity index is 1630. The average molecular weight is 658 g/mol. The third-order valence-corrected chi connectivity index (χ3v) is 9.86. The lowest BCUT2D eigenvalue weighted by atomic mass is 9.91. The molecule has 12 nitrogen and oxygen atoms in total. The van der Waals surface area contributed by atoms with Gasteiger partial charge in [0.2, 0.25) is 11.8 Å². The Labute approximate surface area is 270 Å². The summed E-state index contributed by atoms with van der Waals surface area (Å²) in [5.74, 6) is -0.625. The molecule has 46 heavy (non-hydrogen) atoms. The van der Waals surface area contributed by atoms with Crippen molar-refractivity contribution in [2.45, 2.75) is 96.0 Å². The highest BCUT2D eigenvalue weighted by Crippen LogP contribution is 2.57. The molecular formula is C33H43N3O9S. The first-order valence-corrected chi connectivity index (χ1v) is 17.1. The fourth-order valence-electron chi connectivity index (χ4n) is 6.27. The molecule has 5 rings (SSSR count). The van der Waals surface area contributed by atoms with E-state index in [1.54, 1.807) is 46.2 Å². The molecular weight excluding hydrogens is 614 g/mol. The van der Waals surface area contributed by atoms with Crippen LogP contribution in [0.2, 0.25) is 0 Å². The van der Waals surface area contributed by atoms with E-state index in [0.717, 1.165) is 17.2 Å². The topological polar surface area (TPSA) is 150 Å². The van der Waals surface area contributed by atoms with Crippen LogP contribution in [0.4, 0.5) is 4.79 Å². The van der Waals surface area contributed by atoms with Crippen molar-refractivity contribution in [2.75, 3.05) is 13.7 Å². The van der Waals surface area contributed by atoms with E-state index in [0.29, 0.717) is 30.9 Å². The van der Waals surface area contributed by atoms with E-state index < -0.39 is 62.8 Å². The number of carbonyl (C=O) groups excluding carboxylic acids is 3. The summed E-state index contributed by atoms with van der Waals surface area (Å²) in [6, 6.07) is 6.33. The maximum Gasteiger partial charge on any atom is 0.411 e. The van der Waals surface area contributed by atoms with Gasteiger partial charge in [-0.2, -0.15) is 8.42 Å². The monoisotopic (exact) mass is 657 g/mol. The number of nitrogens with zero attached hydrogens (tertiary/aromatic N) is 2. The third-order valence-electron chi connectivity index (χ3n) is 8.85. The van der Waals surface area contributed by atoms with Crippen molar-refractivity contribution in [1.29, 1.82) is 0 Å². The number of pyridine rings is 1. The number of ether oxygens (including phenoxy) is 3. The van der Waals surface area contributed by atoms with Gasteiger partial charge in [-0.15, -0.1) is 6.58 Å². The number of hydrogen-bond acceptors (Lipinski definition) is 10. The highest BCUT2D eigenvalue weighted by atomic mass is 32.2. The number of likely N-dealkylation sites (tertiary alicyclic amines) is 1. The normalized spacial score (nSPS) is 25.1. The number of hydrogen-bond donors (Lipinski definition) is 1. The van der Waals surface area contributed by atoms with E-state index in [4.69, 9.17) is 18.4 Å². The number of amides is 2. The molecule has 3 aliphatic rings. The molecule has 1 aromatic carbocycles. The van der Waals surface area contributed by atoms with Gasteiger partial charge in [0.1, 0.15) is 17.5 Å². The molecule has 2 aromatic rings. The van der Waals surface area contributed by atoms with Crippen molar-refractivity contribution < 1.29 is 41.2 Å². The second kappa shape index (κ2) is 12.5. The summed E-state index contributed by atoms with van der Waals surface area (Å²) in [5.41, 5.74) is -2.93. The Morgan fingerprint density at radius 2 is 1.93 bits per heavy atom. The summed E-state index contributed by atoms with van der Waals surface area (Å²) in [6.07, 6.45) is 4.44. The van der Waals surface area contributed by atoms with Crippen molar-refractivity contribution in [3.63, 3.8) is 0 Å². The molecule has 3 fully saturated rings. The molecule has 250 valence electrons. The first kappa shape index (κ1) is 33.6. The first-order chi connectivity index (χ1) is 21.6. The highest BCUT2D eigenvalue weighted by Gasteiger charge is 2.61. The highest BCUT2D eigenvalue weighted by molar-refractivity contribution is 7.85. The zero-order valence-electron chi connectivity index (χ0n) is 27.0. The van der Waals surface area contributed by atoms with Crippen molar-refractivity contribution in [3.05, 3.63) is 43.1 Å². The Kier molecular flexibility index (Phi) is 9.13. The van der Waals surface area contributed by atoms with Gasteiger partial charge in [-0.25, -0.2) is 18.7 Å². The lowest BCUT2D eigenvalue weighted by Crippen LogP contribution is -2.46. The van der Waals surface area contributed by atoms with Gasteiger partial charge in [0.05, 0.1) is 30.7 Å². The lowest BCUT2D eigenvalue weighted by molar-refractivity contribution is -0.132. The van der Waals surface area contributed by atoms with Gasteiger partial charge in [-0.05, 0) is 82.0 Å². The predicted molar refractivity (Wildman–Crippen MR) is 169 cm³/mol. The molecule has 13 heteroatoms. The number of methoxy groups -OCH3 is 1. The SMILES string of the molecule is C=C[C@@H]1C[C@]1(CC(=O)[C@@H]1C[C@@H](Oc2nccc3cc(OC)ccc23)CN1C(=O)OC(C)(C)C)C(=O)NS(=O)(=O)OC1(CCC)CC1. The van der Waals surface area contributed by atoms with Crippen LogP contribution in [0.1, 0.15) is 72.6 Å². The molecule has 4 atom stereocenters. The number of aromatic nitrogens is 1. The standard InChI is InChI=1S/C33H43N3O9S/c1-7-12-32(13-14-32)45-46(40,41)35-29(38)33(18-22(33)8-2)19-27(37)26-17-24(20-36(26)30(39)44-31(3,4)5)43-28-25-10-9-23(42-6)16-21(25)11-15-34-28/h8-11,15-16,22,24,26H,2,7,12-14,17-20H2,1,3-6H3,(H,35,38)/t22-,24-,26+,33-/m1/s1. The van der Waals surface area contributed by atoms with Gasteiger partial charge < -0.3 is 14.2 Å². The van der Waals surface area contributed by atoms with Crippen LogP contribution in [0.5, 0.6) is 11.6 Å². The number of nitrogens with one attached hydrogen (secondary N) is 1. The zero-order chi connectivity index (χ0) is 33.5. The van der Waals surface area contributed by atoms with Gasteiger partial charge >= 0.3 is 16.4 Å². The molecule has 1 aliphatic heterocycles. The Morgan fingerprint density at radius 3 is 2.54 bits per heavy atom. The zero-order valence-corrected chi connectivity index (χ0v) is 27.9. The van der Waals surface area contributed by atoms with E-state index in [2.05, 4.69) is 16.3 Å². The van der Waals surface area contributed by atoms with Gasteiger partial charge in [0.25, 0.3) is 0 Å². The molecule has 1 N–H and O–H groups in total. The summed E-state index contributed by atoms with van der Waals surface area (Å²) in [4.78, 5) is 46.5. The van der Waals surface area contributed by atoms with Gasteiger partial charge in [-0.3, -0.25) is 14.5 Å². The van der Waals surface area contributed by atoms with Crippen molar-refractivity contribution in [2.24, 2.45) is 11.3 Å². The molecule has 2 heterocycles. The minimum absolute atomic E-state index is 0.0470. The fourth-order valence-corrected chi connectivity index (χ4v) is 7.46. The largest absolute Gasteiger partial charge is 0.497 e. The number of allylic oxidation sites excluding steroid dienone is 1. The second-order valence-electron chi connectivity index (χ2n) is 13.6. The fraction of sp³-hybridized carbons (Fsp3) is 0.576. The number of ketones is 1. The number of fused-ring (bicyclic) bond motifs is 1. The Hall–Kier alpha value is -3.71. The summed E-state index contributed by atoms with van der Waals surface area (Å²) in [6.45, 7) is 11.0. The average Bonchev–Trinajstić information content (AvgIpc) is 3.85. The van der Waals surface area contributed by atoms with Gasteiger partial charge in [0.15, 0.2) is 5.78 Å². The summed E-state index contributed by atoms with van der Waals surface area (Å²) in [5, 5.41) is 1.58. The summed E-state index contributed by atoms with van der Waals surface area (Å²) < 4.78 is 50.4. The molecule has 0 radical (unpaired) electrons. The minimum atomic E-state index is -4.40. The maximum absolute atomic E-state index is 14.0. The predicted octanol–water partition coefficient (Wildman–Crippen LogP) is 4.86. The summed E-state index contributed by atoms with van der Waals surface area (Å²) >= 11 is 0. The van der Waals surface area contributed by atoms with Gasteiger partial charge in [-0.1, -0.05) is 19.4 Å². The van der Waals surface area contributed by atoms with E-state index in [1.807, 2.05) is 25.1 Å². The van der Waals surface area contributed by atoms with Crippen LogP contribution in [0.25, 0.3) is 10.8 Å². The van der Waals surface area contributed by atoms with Crippen LogP contribution in [0.3, 0.4) is 0 Å². The van der Waals surface area contributed by atoms with Gasteiger partial charge in [0, 0.05) is 24.4 Å². The third kappa shape index (κ3) is 7.30. The van der Waals surface area contributed by atoms with Crippen LogP contribution in [0, 0.1) is 11.3 Å². The molecule has 0 bridgehead atoms. The number of carbonyl (C=O) groups is 3. The summed E-state index contributed by atoms with van der Waals surface area (Å²) in [7, 11) is -2.82. The van der Waals surface area contributed by atoms with E-state index in [1.165, 1.54) is 4.90 Å². The van der Waals surface area contributed by atoms with E-state index >= 15 is 0 Å². The molecule has 2 saturated carbocycles. The number of Topliss-reactive ketones (excluding diaryl/α,β-unsaturated/α-hetero) is 1. The Balaban J connectivity index is 1.35. The molecule has 0 spiro atoms. The minimum Gasteiger partial charge on any atom is -0.497 e. The molecule has 2 aliphatic carbocycles. The Morgan fingerprint density at radius 1 is 1.20 bits per heavy atom. The molecule has 1 aromatic heterocycles. The smallest absolute Gasteiger partial charge is 0.411 e. The quantitative estimate of drug-likeness (QED) is 0.296. The molecule has 1 saturated heterocycles. The van der Waals surface area contributed by atoms with Crippen molar-refractivity contribution >= 4 is 38.9 Å². The van der Waals surface area contributed by atoms with Crippen LogP contribution in [-0.2, 0) is 28.8 Å². The number of rotatable bonds is 13. The van der Waals surface area contributed by atoms with Crippen LogP contribution < -0.4 is 14.2 Å². The molecule has 0 unspecified atom stereocenters. The number of benzene rings is 1. The molecule has 2 amide bonds. The van der Waals surface area contributed by atoms with Crippen LogP contribution in [-0.4, -0.2) is 73.1 Å². The maximum atomic E-state index is 14.0. The van der Waals surface area contributed by atoms with E-state index in [-0.39, 0.29) is 25.8 Å². The second-order valence-corrected chi connectivity index (χ2v) is 14.9. The van der Waals surface area contributed by atoms with Crippen molar-refractivity contribution in [1.82, 2.24) is 14.6 Å². The van der Waals surface area contributed by atoms with Crippen LogP contribution >= 0.6 is 0 Å². The first-order valence-electron chi connectivity index (χ1n) is 15.7. The lowest BCUT2D eigenvalue weighted by Gasteiger charge is -2.28. The van der Waals surface area contributed by atoms with Crippen LogP contribution in [0.15, 0.2) is 43.1 Å². The van der Waals surface area contributed by atoms with Crippen molar-refractivity contribution in [3.8, 4) is 11.6 Å². The van der Waals surface area contributed by atoms with E-state index in [9.17, 15) is 22.8 Å².